The molecule has 0 aliphatic rings. The second kappa shape index (κ2) is 7.55. The summed E-state index contributed by atoms with van der Waals surface area (Å²) < 4.78 is 10.1. The normalized spacial score (nSPS) is 10.1. The van der Waals surface area contributed by atoms with Gasteiger partial charge < -0.3 is 20.5 Å². The Kier molecular flexibility index (Phi) is 6.00. The van der Waals surface area contributed by atoms with Crippen LogP contribution in [0.3, 0.4) is 0 Å². The highest BCUT2D eigenvalue weighted by Gasteiger charge is 2.08. The van der Waals surface area contributed by atoms with Crippen molar-refractivity contribution in [1.82, 2.24) is 0 Å². The van der Waals surface area contributed by atoms with Crippen LogP contribution in [0.4, 0.5) is 11.4 Å². The van der Waals surface area contributed by atoms with E-state index in [2.05, 4.69) is 5.32 Å². The lowest BCUT2D eigenvalue weighted by Crippen LogP contribution is -2.11. The molecule has 0 radical (unpaired) electrons. The number of carbonyl (C=O) groups is 1. The van der Waals surface area contributed by atoms with E-state index < -0.39 is 0 Å². The summed E-state index contributed by atoms with van der Waals surface area (Å²) in [4.78, 5) is 11.5. The molecule has 1 aromatic carbocycles. The predicted molar refractivity (Wildman–Crippen MR) is 71.8 cm³/mol. The van der Waals surface area contributed by atoms with Crippen molar-refractivity contribution in [3.05, 3.63) is 23.8 Å². The summed E-state index contributed by atoms with van der Waals surface area (Å²) in [5.41, 5.74) is 7.64. The summed E-state index contributed by atoms with van der Waals surface area (Å²) >= 11 is 0. The van der Waals surface area contributed by atoms with E-state index in [9.17, 15) is 4.79 Å². The van der Waals surface area contributed by atoms with Gasteiger partial charge in [0.05, 0.1) is 30.2 Å². The van der Waals surface area contributed by atoms with E-state index in [4.69, 9.17) is 15.2 Å². The molecule has 5 nitrogen and oxygen atoms in total. The Balaban J connectivity index is 2.59. The average molecular weight is 252 g/mol. The SMILES string of the molecule is CCOCCNc1ccc(C(=O)OCC)cc1N. The molecule has 0 amide bonds. The van der Waals surface area contributed by atoms with Crippen molar-refractivity contribution >= 4 is 17.3 Å². The van der Waals surface area contributed by atoms with Crippen molar-refractivity contribution in [1.29, 1.82) is 0 Å². The molecule has 0 bridgehead atoms. The zero-order valence-electron chi connectivity index (χ0n) is 10.9. The first kappa shape index (κ1) is 14.3. The molecule has 0 atom stereocenters. The Hall–Kier alpha value is -1.75. The smallest absolute Gasteiger partial charge is 0.338 e. The van der Waals surface area contributed by atoms with Gasteiger partial charge in [0.2, 0.25) is 0 Å². The van der Waals surface area contributed by atoms with Crippen molar-refractivity contribution in [2.75, 3.05) is 37.4 Å². The molecular formula is C13H20N2O3. The molecule has 0 aliphatic heterocycles. The number of esters is 1. The van der Waals surface area contributed by atoms with Gasteiger partial charge in [0, 0.05) is 13.2 Å². The largest absolute Gasteiger partial charge is 0.462 e. The molecule has 100 valence electrons. The number of nitrogen functional groups attached to an aromatic ring is 1. The van der Waals surface area contributed by atoms with Crippen molar-refractivity contribution in [3.63, 3.8) is 0 Å². The lowest BCUT2D eigenvalue weighted by molar-refractivity contribution is 0.0526. The van der Waals surface area contributed by atoms with Crippen LogP contribution in [0.15, 0.2) is 18.2 Å². The molecule has 0 spiro atoms. The summed E-state index contributed by atoms with van der Waals surface area (Å²) in [7, 11) is 0. The van der Waals surface area contributed by atoms with Gasteiger partial charge in [-0.2, -0.15) is 0 Å². The fourth-order valence-corrected chi connectivity index (χ4v) is 1.47. The third-order valence-electron chi connectivity index (χ3n) is 2.33. The third kappa shape index (κ3) is 4.25. The Morgan fingerprint density at radius 2 is 2.11 bits per heavy atom. The Morgan fingerprint density at radius 1 is 1.33 bits per heavy atom. The summed E-state index contributed by atoms with van der Waals surface area (Å²) in [5, 5.41) is 3.14. The molecule has 5 heteroatoms. The van der Waals surface area contributed by atoms with E-state index in [0.29, 0.717) is 37.6 Å². The van der Waals surface area contributed by atoms with Gasteiger partial charge >= 0.3 is 5.97 Å². The highest BCUT2D eigenvalue weighted by molar-refractivity contribution is 5.91. The molecule has 0 heterocycles. The fraction of sp³-hybridized carbons (Fsp3) is 0.462. The molecule has 0 saturated carbocycles. The number of carbonyl (C=O) groups excluding carboxylic acids is 1. The quantitative estimate of drug-likeness (QED) is 0.440. The molecule has 18 heavy (non-hydrogen) atoms. The minimum atomic E-state index is -0.356. The second-order valence-corrected chi connectivity index (χ2v) is 3.65. The molecule has 0 aliphatic carbocycles. The molecule has 1 rings (SSSR count). The fourth-order valence-electron chi connectivity index (χ4n) is 1.47. The number of hydrogen-bond acceptors (Lipinski definition) is 5. The maximum Gasteiger partial charge on any atom is 0.338 e. The van der Waals surface area contributed by atoms with Gasteiger partial charge in [-0.05, 0) is 32.0 Å². The van der Waals surface area contributed by atoms with Crippen LogP contribution >= 0.6 is 0 Å². The molecule has 0 unspecified atom stereocenters. The van der Waals surface area contributed by atoms with Crippen LogP contribution in [0.25, 0.3) is 0 Å². The Morgan fingerprint density at radius 3 is 2.72 bits per heavy atom. The minimum absolute atomic E-state index is 0.354. The van der Waals surface area contributed by atoms with Gasteiger partial charge in [0.15, 0.2) is 0 Å². The van der Waals surface area contributed by atoms with E-state index in [1.54, 1.807) is 25.1 Å². The first-order chi connectivity index (χ1) is 8.69. The van der Waals surface area contributed by atoms with E-state index in [1.807, 2.05) is 6.92 Å². The predicted octanol–water partition coefficient (Wildman–Crippen LogP) is 1.89. The van der Waals surface area contributed by atoms with Gasteiger partial charge in [-0.25, -0.2) is 4.79 Å². The van der Waals surface area contributed by atoms with Crippen LogP contribution in [0.5, 0.6) is 0 Å². The third-order valence-corrected chi connectivity index (χ3v) is 2.33. The van der Waals surface area contributed by atoms with Crippen LogP contribution in [0, 0.1) is 0 Å². The number of benzene rings is 1. The zero-order chi connectivity index (χ0) is 13.4. The molecule has 0 fully saturated rings. The summed E-state index contributed by atoms with van der Waals surface area (Å²) in [6.45, 7) is 6.06. The average Bonchev–Trinajstić information content (AvgIpc) is 2.36. The number of nitrogens with one attached hydrogen (secondary N) is 1. The summed E-state index contributed by atoms with van der Waals surface area (Å²) in [6, 6.07) is 5.08. The highest BCUT2D eigenvalue weighted by Crippen LogP contribution is 2.20. The summed E-state index contributed by atoms with van der Waals surface area (Å²) in [6.07, 6.45) is 0. The molecule has 3 N–H and O–H groups in total. The maximum atomic E-state index is 11.5. The van der Waals surface area contributed by atoms with Gasteiger partial charge in [-0.3, -0.25) is 0 Å². The van der Waals surface area contributed by atoms with E-state index >= 15 is 0 Å². The highest BCUT2D eigenvalue weighted by atomic mass is 16.5. The molecule has 0 saturated heterocycles. The van der Waals surface area contributed by atoms with Crippen molar-refractivity contribution in [3.8, 4) is 0 Å². The number of hydrogen-bond donors (Lipinski definition) is 2. The molecular weight excluding hydrogens is 232 g/mol. The lowest BCUT2D eigenvalue weighted by atomic mass is 10.1. The van der Waals surface area contributed by atoms with E-state index in [0.717, 1.165) is 5.69 Å². The lowest BCUT2D eigenvalue weighted by Gasteiger charge is -2.10. The van der Waals surface area contributed by atoms with Crippen molar-refractivity contribution in [2.45, 2.75) is 13.8 Å². The second-order valence-electron chi connectivity index (χ2n) is 3.65. The molecule has 1 aromatic rings. The zero-order valence-corrected chi connectivity index (χ0v) is 10.9. The standard InChI is InChI=1S/C13H20N2O3/c1-3-17-8-7-15-12-6-5-10(9-11(12)14)13(16)18-4-2/h5-6,9,15H,3-4,7-8,14H2,1-2H3. The maximum absolute atomic E-state index is 11.5. The van der Waals surface area contributed by atoms with Gasteiger partial charge in [0.1, 0.15) is 0 Å². The minimum Gasteiger partial charge on any atom is -0.462 e. The number of nitrogens with two attached hydrogens (primary N) is 1. The van der Waals surface area contributed by atoms with Crippen LogP contribution in [-0.4, -0.2) is 32.3 Å². The first-order valence-corrected chi connectivity index (χ1v) is 6.07. The number of rotatable bonds is 7. The monoisotopic (exact) mass is 252 g/mol. The van der Waals surface area contributed by atoms with Gasteiger partial charge in [-0.15, -0.1) is 0 Å². The van der Waals surface area contributed by atoms with Crippen molar-refractivity contribution in [2.24, 2.45) is 0 Å². The Labute approximate surface area is 107 Å². The van der Waals surface area contributed by atoms with Crippen LogP contribution in [-0.2, 0) is 9.47 Å². The Bertz CT molecular complexity index is 394. The molecule has 0 aromatic heterocycles. The van der Waals surface area contributed by atoms with Crippen LogP contribution < -0.4 is 11.1 Å². The van der Waals surface area contributed by atoms with Crippen LogP contribution in [0.1, 0.15) is 24.2 Å². The van der Waals surface area contributed by atoms with Crippen LogP contribution in [0.2, 0.25) is 0 Å². The van der Waals surface area contributed by atoms with E-state index in [-0.39, 0.29) is 5.97 Å². The first-order valence-electron chi connectivity index (χ1n) is 6.07. The van der Waals surface area contributed by atoms with Gasteiger partial charge in [0.25, 0.3) is 0 Å². The topological polar surface area (TPSA) is 73.6 Å². The number of anilines is 2. The number of ether oxygens (including phenoxy) is 2. The van der Waals surface area contributed by atoms with Crippen molar-refractivity contribution < 1.29 is 14.3 Å². The van der Waals surface area contributed by atoms with E-state index in [1.165, 1.54) is 0 Å². The summed E-state index contributed by atoms with van der Waals surface area (Å²) in [5.74, 6) is -0.356. The van der Waals surface area contributed by atoms with Gasteiger partial charge in [-0.1, -0.05) is 0 Å².